The molecule has 2 atom stereocenters. The Morgan fingerprint density at radius 3 is 2.81 bits per heavy atom. The summed E-state index contributed by atoms with van der Waals surface area (Å²) >= 11 is 0. The van der Waals surface area contributed by atoms with Crippen LogP contribution in [0.4, 0.5) is 0 Å². The highest BCUT2D eigenvalue weighted by atomic mass is 32.2. The molecule has 16 heavy (non-hydrogen) atoms. The van der Waals surface area contributed by atoms with E-state index in [2.05, 4.69) is 9.97 Å². The Kier molecular flexibility index (Phi) is 3.14. The number of furan rings is 1. The largest absolute Gasteiger partial charge is 0.468 e. The van der Waals surface area contributed by atoms with Crippen LogP contribution in [0.25, 0.3) is 0 Å². The molecule has 2 aromatic rings. The van der Waals surface area contributed by atoms with Gasteiger partial charge in [-0.05, 0) is 19.9 Å². The third-order valence-electron chi connectivity index (χ3n) is 2.35. The summed E-state index contributed by atoms with van der Waals surface area (Å²) < 4.78 is 17.4. The molecule has 5 heteroatoms. The molecule has 0 spiro atoms. The molecular formula is C11H12N2O2S. The van der Waals surface area contributed by atoms with Crippen LogP contribution in [0.1, 0.15) is 23.6 Å². The normalized spacial score (nSPS) is 14.6. The highest BCUT2D eigenvalue weighted by Crippen LogP contribution is 2.25. The highest BCUT2D eigenvalue weighted by Gasteiger charge is 2.19. The molecule has 0 aromatic carbocycles. The lowest BCUT2D eigenvalue weighted by molar-refractivity contribution is 0.525. The van der Waals surface area contributed by atoms with Gasteiger partial charge in [0.2, 0.25) is 0 Å². The maximum Gasteiger partial charge on any atom is 0.116 e. The Morgan fingerprint density at radius 1 is 1.44 bits per heavy atom. The van der Waals surface area contributed by atoms with Gasteiger partial charge in [0.25, 0.3) is 0 Å². The SMILES string of the molecule is Cc1occc1[S@](=O)[C@H](C)c1cnccn1. The molecule has 0 aliphatic rings. The molecule has 0 bridgehead atoms. The second-order valence-electron chi connectivity index (χ2n) is 3.41. The first-order valence-corrected chi connectivity index (χ1v) is 6.12. The van der Waals surface area contributed by atoms with Crippen molar-refractivity contribution in [3.05, 3.63) is 42.4 Å². The third-order valence-corrected chi connectivity index (χ3v) is 4.09. The van der Waals surface area contributed by atoms with Gasteiger partial charge in [-0.25, -0.2) is 0 Å². The molecular weight excluding hydrogens is 224 g/mol. The zero-order chi connectivity index (χ0) is 11.5. The predicted octanol–water partition coefficient (Wildman–Crippen LogP) is 2.25. The second kappa shape index (κ2) is 4.57. The number of hydrogen-bond donors (Lipinski definition) is 0. The fourth-order valence-corrected chi connectivity index (χ4v) is 2.65. The van der Waals surface area contributed by atoms with Crippen molar-refractivity contribution < 1.29 is 8.63 Å². The molecule has 4 nitrogen and oxygen atoms in total. The van der Waals surface area contributed by atoms with Crippen LogP contribution in [0.5, 0.6) is 0 Å². The van der Waals surface area contributed by atoms with Crippen molar-refractivity contribution in [1.82, 2.24) is 9.97 Å². The van der Waals surface area contributed by atoms with Crippen molar-refractivity contribution in [1.29, 1.82) is 0 Å². The average Bonchev–Trinajstić information content (AvgIpc) is 2.75. The summed E-state index contributed by atoms with van der Waals surface area (Å²) in [5.74, 6) is 0.689. The molecule has 0 amide bonds. The van der Waals surface area contributed by atoms with Crippen LogP contribution in [0.15, 0.2) is 40.2 Å². The standard InChI is InChI=1S/C11H12N2O2S/c1-8-11(3-6-15-8)16(14)9(2)10-7-12-4-5-13-10/h3-7,9H,1-2H3/t9-,16-/m1/s1. The van der Waals surface area contributed by atoms with Gasteiger partial charge in [-0.3, -0.25) is 14.2 Å². The van der Waals surface area contributed by atoms with Gasteiger partial charge in [-0.1, -0.05) is 0 Å². The molecule has 0 aliphatic heterocycles. The summed E-state index contributed by atoms with van der Waals surface area (Å²) in [6, 6.07) is 1.73. The van der Waals surface area contributed by atoms with Crippen molar-refractivity contribution in [3.8, 4) is 0 Å². The fourth-order valence-electron chi connectivity index (χ4n) is 1.40. The second-order valence-corrected chi connectivity index (χ2v) is 5.15. The molecule has 2 rings (SSSR count). The van der Waals surface area contributed by atoms with Crippen LogP contribution in [0, 0.1) is 6.92 Å². The van der Waals surface area contributed by atoms with E-state index in [1.165, 1.54) is 0 Å². The maximum absolute atomic E-state index is 12.2. The number of rotatable bonds is 3. The Balaban J connectivity index is 2.27. The molecule has 84 valence electrons. The van der Waals surface area contributed by atoms with E-state index in [0.717, 1.165) is 10.6 Å². The van der Waals surface area contributed by atoms with E-state index in [1.807, 2.05) is 6.92 Å². The van der Waals surface area contributed by atoms with Crippen molar-refractivity contribution in [2.75, 3.05) is 0 Å². The molecule has 2 heterocycles. The zero-order valence-corrected chi connectivity index (χ0v) is 9.90. The van der Waals surface area contributed by atoms with Gasteiger partial charge in [0.15, 0.2) is 0 Å². The predicted molar refractivity (Wildman–Crippen MR) is 60.3 cm³/mol. The first-order valence-electron chi connectivity index (χ1n) is 4.90. The van der Waals surface area contributed by atoms with Crippen molar-refractivity contribution in [2.45, 2.75) is 24.0 Å². The Labute approximate surface area is 96.2 Å². The molecule has 2 aromatic heterocycles. The molecule has 0 saturated heterocycles. The minimum Gasteiger partial charge on any atom is -0.468 e. The number of aryl methyl sites for hydroxylation is 1. The van der Waals surface area contributed by atoms with E-state index >= 15 is 0 Å². The van der Waals surface area contributed by atoms with Gasteiger partial charge in [-0.15, -0.1) is 0 Å². The minimum absolute atomic E-state index is 0.190. The third kappa shape index (κ3) is 2.04. The lowest BCUT2D eigenvalue weighted by atomic mass is 10.3. The summed E-state index contributed by atoms with van der Waals surface area (Å²) in [6.07, 6.45) is 6.39. The van der Waals surface area contributed by atoms with Crippen LogP contribution >= 0.6 is 0 Å². The quantitative estimate of drug-likeness (QED) is 0.820. The maximum atomic E-state index is 12.2. The van der Waals surface area contributed by atoms with Crippen LogP contribution < -0.4 is 0 Å². The van der Waals surface area contributed by atoms with Gasteiger partial charge >= 0.3 is 0 Å². The van der Waals surface area contributed by atoms with Gasteiger partial charge in [-0.2, -0.15) is 0 Å². The topological polar surface area (TPSA) is 56.0 Å². The summed E-state index contributed by atoms with van der Waals surface area (Å²) in [5.41, 5.74) is 0.724. The molecule has 0 fully saturated rings. The lowest BCUT2D eigenvalue weighted by Crippen LogP contribution is -2.05. The highest BCUT2D eigenvalue weighted by molar-refractivity contribution is 7.85. The number of nitrogens with zero attached hydrogens (tertiary/aromatic N) is 2. The van der Waals surface area contributed by atoms with E-state index in [0.29, 0.717) is 5.76 Å². The smallest absolute Gasteiger partial charge is 0.116 e. The first kappa shape index (κ1) is 11.0. The van der Waals surface area contributed by atoms with E-state index in [4.69, 9.17) is 4.42 Å². The fraction of sp³-hybridized carbons (Fsp3) is 0.273. The molecule has 0 N–H and O–H groups in total. The van der Waals surface area contributed by atoms with E-state index < -0.39 is 10.8 Å². The van der Waals surface area contributed by atoms with Gasteiger partial charge in [0.05, 0.1) is 32.9 Å². The molecule has 0 aliphatic carbocycles. The minimum atomic E-state index is -1.16. The summed E-state index contributed by atoms with van der Waals surface area (Å²) in [6.45, 7) is 3.67. The lowest BCUT2D eigenvalue weighted by Gasteiger charge is -2.09. The van der Waals surface area contributed by atoms with Crippen molar-refractivity contribution in [2.24, 2.45) is 0 Å². The zero-order valence-electron chi connectivity index (χ0n) is 9.08. The van der Waals surface area contributed by atoms with Crippen molar-refractivity contribution in [3.63, 3.8) is 0 Å². The number of hydrogen-bond acceptors (Lipinski definition) is 4. The van der Waals surface area contributed by atoms with E-state index in [1.54, 1.807) is 37.8 Å². The molecule has 0 radical (unpaired) electrons. The van der Waals surface area contributed by atoms with E-state index in [-0.39, 0.29) is 5.25 Å². The number of aromatic nitrogens is 2. The Morgan fingerprint density at radius 2 is 2.25 bits per heavy atom. The average molecular weight is 236 g/mol. The Bertz CT molecular complexity index is 496. The van der Waals surface area contributed by atoms with Gasteiger partial charge in [0, 0.05) is 18.6 Å². The summed E-state index contributed by atoms with van der Waals surface area (Å²) in [7, 11) is -1.16. The molecule has 0 unspecified atom stereocenters. The van der Waals surface area contributed by atoms with Gasteiger partial charge in [0.1, 0.15) is 5.76 Å². The monoisotopic (exact) mass is 236 g/mol. The van der Waals surface area contributed by atoms with Crippen LogP contribution in [-0.2, 0) is 10.8 Å². The summed E-state index contributed by atoms with van der Waals surface area (Å²) in [4.78, 5) is 8.85. The summed E-state index contributed by atoms with van der Waals surface area (Å²) in [5, 5.41) is -0.190. The van der Waals surface area contributed by atoms with E-state index in [9.17, 15) is 4.21 Å². The van der Waals surface area contributed by atoms with Crippen LogP contribution in [0.2, 0.25) is 0 Å². The van der Waals surface area contributed by atoms with Crippen LogP contribution in [-0.4, -0.2) is 14.2 Å². The first-order chi connectivity index (χ1) is 7.70. The Hall–Kier alpha value is -1.49. The van der Waals surface area contributed by atoms with Crippen molar-refractivity contribution >= 4 is 10.8 Å². The molecule has 0 saturated carbocycles. The van der Waals surface area contributed by atoms with Crippen LogP contribution in [0.3, 0.4) is 0 Å². The van der Waals surface area contributed by atoms with Gasteiger partial charge < -0.3 is 4.42 Å².